The van der Waals surface area contributed by atoms with Crippen molar-refractivity contribution in [2.75, 3.05) is 6.54 Å². The normalized spacial score (nSPS) is 19.2. The molecule has 1 aliphatic rings. The molecule has 5 nitrogen and oxygen atoms in total. The molecule has 0 saturated carbocycles. The highest BCUT2D eigenvalue weighted by atomic mass is 19.1. The number of nitro groups is 1. The number of halogens is 2. The number of amides is 1. The molecule has 1 saturated heterocycles. The van der Waals surface area contributed by atoms with E-state index in [1.165, 1.54) is 4.90 Å². The van der Waals surface area contributed by atoms with E-state index in [1.807, 2.05) is 6.92 Å². The lowest BCUT2D eigenvalue weighted by Gasteiger charge is -2.27. The summed E-state index contributed by atoms with van der Waals surface area (Å²) in [6.07, 6.45) is 3.60. The monoisotopic (exact) mass is 298 g/mol. The number of rotatable bonds is 2. The van der Waals surface area contributed by atoms with E-state index in [0.717, 1.165) is 25.7 Å². The summed E-state index contributed by atoms with van der Waals surface area (Å²) in [5, 5.41) is 10.6. The molecule has 21 heavy (non-hydrogen) atoms. The maximum atomic E-state index is 13.9. The van der Waals surface area contributed by atoms with Gasteiger partial charge in [-0.3, -0.25) is 14.9 Å². The standard InChI is InChI=1S/C14H16F2N2O3/c1-9-5-3-2-4-6-17(9)14(19)10-7-12(16)13(18(20)21)8-11(10)15/h7-9H,2-6H2,1H3. The van der Waals surface area contributed by atoms with Crippen LogP contribution in [0.1, 0.15) is 43.0 Å². The van der Waals surface area contributed by atoms with Crippen molar-refractivity contribution in [3.8, 4) is 0 Å². The van der Waals surface area contributed by atoms with Gasteiger partial charge in [0, 0.05) is 12.6 Å². The zero-order valence-electron chi connectivity index (χ0n) is 11.6. The average molecular weight is 298 g/mol. The Morgan fingerprint density at radius 3 is 2.67 bits per heavy atom. The Hall–Kier alpha value is -2.05. The van der Waals surface area contributed by atoms with Gasteiger partial charge in [0.05, 0.1) is 16.6 Å². The maximum Gasteiger partial charge on any atom is 0.307 e. The third kappa shape index (κ3) is 3.17. The molecule has 0 aromatic heterocycles. The second-order valence-electron chi connectivity index (χ2n) is 5.24. The highest BCUT2D eigenvalue weighted by Crippen LogP contribution is 2.25. The number of hydrogen-bond acceptors (Lipinski definition) is 3. The fourth-order valence-corrected chi connectivity index (χ4v) is 2.57. The topological polar surface area (TPSA) is 63.5 Å². The van der Waals surface area contributed by atoms with Gasteiger partial charge in [-0.1, -0.05) is 12.8 Å². The Labute approximate surface area is 120 Å². The van der Waals surface area contributed by atoms with Crippen LogP contribution in [0, 0.1) is 21.7 Å². The summed E-state index contributed by atoms with van der Waals surface area (Å²) < 4.78 is 27.5. The van der Waals surface area contributed by atoms with Crippen molar-refractivity contribution in [2.45, 2.75) is 38.6 Å². The first kappa shape index (κ1) is 15.3. The minimum Gasteiger partial charge on any atom is -0.336 e. The highest BCUT2D eigenvalue weighted by Gasteiger charge is 2.28. The van der Waals surface area contributed by atoms with E-state index in [2.05, 4.69) is 0 Å². The van der Waals surface area contributed by atoms with Crippen molar-refractivity contribution in [2.24, 2.45) is 0 Å². The zero-order chi connectivity index (χ0) is 15.6. The third-order valence-electron chi connectivity index (χ3n) is 3.78. The lowest BCUT2D eigenvalue weighted by molar-refractivity contribution is -0.387. The Morgan fingerprint density at radius 1 is 1.29 bits per heavy atom. The van der Waals surface area contributed by atoms with E-state index in [4.69, 9.17) is 0 Å². The van der Waals surface area contributed by atoms with E-state index in [-0.39, 0.29) is 6.04 Å². The SMILES string of the molecule is CC1CCCCCN1C(=O)c1cc(F)c([N+](=O)[O-])cc1F. The molecule has 7 heteroatoms. The Bertz CT molecular complexity index is 578. The molecule has 0 bridgehead atoms. The van der Waals surface area contributed by atoms with Gasteiger partial charge in [-0.25, -0.2) is 4.39 Å². The lowest BCUT2D eigenvalue weighted by atomic mass is 10.1. The van der Waals surface area contributed by atoms with Gasteiger partial charge in [-0.15, -0.1) is 0 Å². The summed E-state index contributed by atoms with van der Waals surface area (Å²) in [6.45, 7) is 2.35. The molecule has 1 amide bonds. The molecule has 0 aliphatic carbocycles. The van der Waals surface area contributed by atoms with Crippen LogP contribution in [-0.2, 0) is 0 Å². The number of carbonyl (C=O) groups is 1. The summed E-state index contributed by atoms with van der Waals surface area (Å²) in [6, 6.07) is 1.02. The van der Waals surface area contributed by atoms with Crippen LogP contribution in [0.2, 0.25) is 0 Å². The second kappa shape index (κ2) is 6.15. The average Bonchev–Trinajstić information content (AvgIpc) is 2.64. The predicted molar refractivity (Wildman–Crippen MR) is 72.0 cm³/mol. The van der Waals surface area contributed by atoms with Gasteiger partial charge in [0.25, 0.3) is 5.91 Å². The van der Waals surface area contributed by atoms with Crippen LogP contribution >= 0.6 is 0 Å². The van der Waals surface area contributed by atoms with E-state index >= 15 is 0 Å². The van der Waals surface area contributed by atoms with Crippen LogP contribution in [0.3, 0.4) is 0 Å². The number of benzene rings is 1. The molecule has 1 aromatic carbocycles. The molecular weight excluding hydrogens is 282 g/mol. The van der Waals surface area contributed by atoms with Crippen LogP contribution in [0.15, 0.2) is 12.1 Å². The number of carbonyl (C=O) groups excluding carboxylic acids is 1. The number of likely N-dealkylation sites (tertiary alicyclic amines) is 1. The minimum absolute atomic E-state index is 0.0577. The van der Waals surface area contributed by atoms with Gasteiger partial charge in [0.15, 0.2) is 0 Å². The second-order valence-corrected chi connectivity index (χ2v) is 5.24. The molecule has 0 radical (unpaired) electrons. The van der Waals surface area contributed by atoms with Gasteiger partial charge in [0.1, 0.15) is 5.82 Å². The zero-order valence-corrected chi connectivity index (χ0v) is 11.6. The smallest absolute Gasteiger partial charge is 0.307 e. The molecule has 2 rings (SSSR count). The maximum absolute atomic E-state index is 13.9. The Morgan fingerprint density at radius 2 is 2.00 bits per heavy atom. The first-order chi connectivity index (χ1) is 9.91. The van der Waals surface area contributed by atoms with E-state index in [0.29, 0.717) is 18.7 Å². The Kier molecular flexibility index (Phi) is 4.50. The largest absolute Gasteiger partial charge is 0.336 e. The van der Waals surface area contributed by atoms with Crippen molar-refractivity contribution in [3.63, 3.8) is 0 Å². The molecular formula is C14H16F2N2O3. The van der Waals surface area contributed by atoms with Crippen molar-refractivity contribution in [1.29, 1.82) is 0 Å². The van der Waals surface area contributed by atoms with Crippen molar-refractivity contribution in [3.05, 3.63) is 39.4 Å². The first-order valence-corrected chi connectivity index (χ1v) is 6.86. The summed E-state index contributed by atoms with van der Waals surface area (Å²) in [5.41, 5.74) is -1.42. The fourth-order valence-electron chi connectivity index (χ4n) is 2.57. The van der Waals surface area contributed by atoms with Crippen LogP contribution in [0.25, 0.3) is 0 Å². The molecule has 1 aromatic rings. The molecule has 1 unspecified atom stereocenters. The van der Waals surface area contributed by atoms with E-state index < -0.39 is 33.7 Å². The molecule has 1 aliphatic heterocycles. The van der Waals surface area contributed by atoms with Crippen LogP contribution in [0.4, 0.5) is 14.5 Å². The van der Waals surface area contributed by atoms with Gasteiger partial charge in [0.2, 0.25) is 5.82 Å². The van der Waals surface area contributed by atoms with Crippen LogP contribution in [-0.4, -0.2) is 28.3 Å². The van der Waals surface area contributed by atoms with Gasteiger partial charge in [-0.05, 0) is 25.8 Å². The lowest BCUT2D eigenvalue weighted by Crippen LogP contribution is -2.38. The van der Waals surface area contributed by atoms with Crippen molar-refractivity contribution < 1.29 is 18.5 Å². The number of hydrogen-bond donors (Lipinski definition) is 0. The van der Waals surface area contributed by atoms with Crippen molar-refractivity contribution >= 4 is 11.6 Å². The van der Waals surface area contributed by atoms with Gasteiger partial charge >= 0.3 is 5.69 Å². The molecule has 1 atom stereocenters. The van der Waals surface area contributed by atoms with E-state index in [1.54, 1.807) is 0 Å². The summed E-state index contributed by atoms with van der Waals surface area (Å²) in [7, 11) is 0. The highest BCUT2D eigenvalue weighted by molar-refractivity contribution is 5.95. The van der Waals surface area contributed by atoms with Gasteiger partial charge < -0.3 is 4.90 Å². The van der Waals surface area contributed by atoms with Crippen LogP contribution < -0.4 is 0 Å². The van der Waals surface area contributed by atoms with Crippen molar-refractivity contribution in [1.82, 2.24) is 4.90 Å². The molecule has 114 valence electrons. The summed E-state index contributed by atoms with van der Waals surface area (Å²) in [5.74, 6) is -2.88. The Balaban J connectivity index is 2.34. The number of nitro benzene ring substituents is 1. The predicted octanol–water partition coefficient (Wildman–Crippen LogP) is 3.28. The van der Waals surface area contributed by atoms with Gasteiger partial charge in [-0.2, -0.15) is 4.39 Å². The third-order valence-corrected chi connectivity index (χ3v) is 3.78. The first-order valence-electron chi connectivity index (χ1n) is 6.86. The summed E-state index contributed by atoms with van der Waals surface area (Å²) >= 11 is 0. The molecule has 1 heterocycles. The molecule has 0 spiro atoms. The quantitative estimate of drug-likeness (QED) is 0.621. The number of nitrogens with zero attached hydrogens (tertiary/aromatic N) is 2. The fraction of sp³-hybridized carbons (Fsp3) is 0.500. The van der Waals surface area contributed by atoms with Crippen LogP contribution in [0.5, 0.6) is 0 Å². The summed E-state index contributed by atoms with van der Waals surface area (Å²) in [4.78, 5) is 23.4. The molecule has 1 fully saturated rings. The van der Waals surface area contributed by atoms with E-state index in [9.17, 15) is 23.7 Å². The minimum atomic E-state index is -1.20. The molecule has 0 N–H and O–H groups in total.